The smallest absolute Gasteiger partial charge is 0.414 e. The Kier molecular flexibility index (Phi) is 5.99. The minimum Gasteiger partial charge on any atom is -0.494 e. The zero-order chi connectivity index (χ0) is 21.4. The lowest BCUT2D eigenvalue weighted by Gasteiger charge is -2.38. The number of aromatic nitrogens is 1. The average molecular weight is 419 g/mol. The molecule has 12 heteroatoms. The second kappa shape index (κ2) is 7.62. The van der Waals surface area contributed by atoms with E-state index < -0.39 is 46.9 Å². The quantitative estimate of drug-likeness (QED) is 0.154. The van der Waals surface area contributed by atoms with Crippen LogP contribution in [0.1, 0.15) is 5.56 Å². The van der Waals surface area contributed by atoms with Gasteiger partial charge in [0.2, 0.25) is 11.9 Å². The Bertz CT molecular complexity index is 917. The van der Waals surface area contributed by atoms with E-state index in [4.69, 9.17) is 21.4 Å². The van der Waals surface area contributed by atoms with Crippen LogP contribution < -0.4 is 4.74 Å². The maximum Gasteiger partial charge on any atom is 0.414 e. The molecule has 0 aliphatic heterocycles. The molecule has 0 unspecified atom stereocenters. The zero-order valence-electron chi connectivity index (χ0n) is 14.8. The van der Waals surface area contributed by atoms with Crippen LogP contribution in [-0.2, 0) is 17.4 Å². The summed E-state index contributed by atoms with van der Waals surface area (Å²) in [5.41, 5.74) is -7.36. The summed E-state index contributed by atoms with van der Waals surface area (Å²) < 4.78 is 6.55. The molecule has 11 nitrogen and oxygen atoms in total. The number of carbonyl (C=O) groups excluding carboxylic acids is 1. The van der Waals surface area contributed by atoms with E-state index in [1.54, 1.807) is 0 Å². The van der Waals surface area contributed by atoms with Crippen LogP contribution >= 0.6 is 11.6 Å². The van der Waals surface area contributed by atoms with Crippen molar-refractivity contribution in [3.63, 3.8) is 0 Å². The fourth-order valence-corrected chi connectivity index (χ4v) is 3.36. The summed E-state index contributed by atoms with van der Waals surface area (Å²) in [7, 11) is 2.80. The minimum absolute atomic E-state index is 0.000616. The SMILES string of the molecule is COc1cc(Cl)cc2c([C@](O)([C@@H](O)[C@H](O)CO)[C@@](O)(C=O)[N+](=O)[O-])cn(C)c12. The molecule has 0 aliphatic rings. The molecule has 0 bridgehead atoms. The molecule has 0 radical (unpaired) electrons. The van der Waals surface area contributed by atoms with Gasteiger partial charge in [-0.15, -0.1) is 0 Å². The van der Waals surface area contributed by atoms with Crippen molar-refractivity contribution >= 4 is 28.8 Å². The molecule has 0 spiro atoms. The van der Waals surface area contributed by atoms with Crippen molar-refractivity contribution in [1.29, 1.82) is 0 Å². The first-order chi connectivity index (χ1) is 13.0. The minimum atomic E-state index is -3.77. The number of rotatable bonds is 8. The third-order valence-corrected chi connectivity index (χ3v) is 4.84. The number of hydrogen-bond donors (Lipinski definition) is 5. The summed E-state index contributed by atoms with van der Waals surface area (Å²) in [5.74, 6) is 0.201. The Labute approximate surface area is 163 Å². The summed E-state index contributed by atoms with van der Waals surface area (Å²) in [6.07, 6.45) is -4.13. The van der Waals surface area contributed by atoms with E-state index in [-0.39, 0.29) is 21.7 Å². The van der Waals surface area contributed by atoms with Crippen LogP contribution in [0, 0.1) is 10.1 Å². The van der Waals surface area contributed by atoms with Gasteiger partial charge in [0.25, 0.3) is 0 Å². The fourth-order valence-electron chi connectivity index (χ4n) is 3.16. The Morgan fingerprint density at radius 3 is 2.46 bits per heavy atom. The van der Waals surface area contributed by atoms with Crippen LogP contribution in [0.3, 0.4) is 0 Å². The second-order valence-electron chi connectivity index (χ2n) is 6.22. The summed E-state index contributed by atoms with van der Waals surface area (Å²) in [6.45, 7) is -1.12. The van der Waals surface area contributed by atoms with Crippen molar-refractivity contribution in [2.75, 3.05) is 13.7 Å². The van der Waals surface area contributed by atoms with E-state index in [0.29, 0.717) is 0 Å². The molecule has 1 aromatic carbocycles. The van der Waals surface area contributed by atoms with Crippen molar-refractivity contribution in [3.05, 3.63) is 39.0 Å². The molecule has 0 fully saturated rings. The number of aryl methyl sites for hydroxylation is 1. The Morgan fingerprint density at radius 1 is 1.39 bits per heavy atom. The van der Waals surface area contributed by atoms with Gasteiger partial charge in [-0.25, -0.2) is 0 Å². The normalized spacial score (nSPS) is 18.1. The number of aldehydes is 1. The maximum absolute atomic E-state index is 11.5. The molecule has 154 valence electrons. The molecule has 1 heterocycles. The molecule has 2 aromatic rings. The van der Waals surface area contributed by atoms with E-state index in [2.05, 4.69) is 0 Å². The lowest BCUT2D eigenvalue weighted by molar-refractivity contribution is -0.633. The van der Waals surface area contributed by atoms with Crippen molar-refractivity contribution in [2.24, 2.45) is 7.05 Å². The number of benzene rings is 1. The highest BCUT2D eigenvalue weighted by Crippen LogP contribution is 2.44. The average Bonchev–Trinajstić information content (AvgIpc) is 3.00. The van der Waals surface area contributed by atoms with Crippen molar-refractivity contribution < 1.29 is 40.0 Å². The lowest BCUT2D eigenvalue weighted by atomic mass is 9.77. The van der Waals surface area contributed by atoms with E-state index in [1.807, 2.05) is 0 Å². The molecule has 1 aromatic heterocycles. The van der Waals surface area contributed by atoms with E-state index in [1.165, 1.54) is 30.9 Å². The van der Waals surface area contributed by atoms with E-state index >= 15 is 0 Å². The molecule has 4 atom stereocenters. The number of methoxy groups -OCH3 is 1. The van der Waals surface area contributed by atoms with Crippen LogP contribution in [0.4, 0.5) is 0 Å². The van der Waals surface area contributed by atoms with Crippen LogP contribution in [0.2, 0.25) is 5.02 Å². The topological polar surface area (TPSA) is 176 Å². The monoisotopic (exact) mass is 418 g/mol. The van der Waals surface area contributed by atoms with Crippen LogP contribution in [-0.4, -0.2) is 73.0 Å². The Hall–Kier alpha value is -2.28. The number of hydrogen-bond acceptors (Lipinski definition) is 9. The highest BCUT2D eigenvalue weighted by Gasteiger charge is 2.67. The molecule has 2 rings (SSSR count). The third kappa shape index (κ3) is 3.02. The largest absolute Gasteiger partial charge is 0.494 e. The molecular formula is C16H19ClN2O9. The van der Waals surface area contributed by atoms with Gasteiger partial charge in [-0.05, 0) is 6.07 Å². The van der Waals surface area contributed by atoms with Crippen molar-refractivity contribution in [2.45, 2.75) is 23.5 Å². The van der Waals surface area contributed by atoms with Gasteiger partial charge in [-0.2, -0.15) is 0 Å². The number of carbonyl (C=O) groups is 1. The molecule has 0 saturated heterocycles. The molecule has 0 amide bonds. The highest BCUT2D eigenvalue weighted by atomic mass is 35.5. The van der Waals surface area contributed by atoms with Gasteiger partial charge in [0.15, 0.2) is 0 Å². The number of halogens is 1. The Morgan fingerprint density at radius 2 is 2.00 bits per heavy atom. The van der Waals surface area contributed by atoms with Gasteiger partial charge in [-0.3, -0.25) is 14.9 Å². The van der Waals surface area contributed by atoms with Crippen molar-refractivity contribution in [1.82, 2.24) is 4.57 Å². The van der Waals surface area contributed by atoms with Gasteiger partial charge in [0, 0.05) is 35.3 Å². The standard InChI is InChI=1S/C16H19ClN2O9/c1-18-5-10(9-3-8(17)4-12(28-2)13(9)18)16(25,14(23)11(22)6-20)15(24,7-21)19(26)27/h3-5,7,11,14,20,22-25H,6H2,1-2H3/t11-,14+,15+,16+/m1/s1. The summed E-state index contributed by atoms with van der Waals surface area (Å²) in [4.78, 5) is 21.4. The zero-order valence-corrected chi connectivity index (χ0v) is 15.6. The first-order valence-corrected chi connectivity index (χ1v) is 8.22. The molecule has 28 heavy (non-hydrogen) atoms. The third-order valence-electron chi connectivity index (χ3n) is 4.62. The van der Waals surface area contributed by atoms with Crippen LogP contribution in [0.15, 0.2) is 18.3 Å². The van der Waals surface area contributed by atoms with Crippen LogP contribution in [0.25, 0.3) is 10.9 Å². The number of nitro groups is 1. The van der Waals surface area contributed by atoms with E-state index in [9.17, 15) is 35.3 Å². The van der Waals surface area contributed by atoms with Gasteiger partial charge >= 0.3 is 5.72 Å². The molecule has 0 saturated carbocycles. The van der Waals surface area contributed by atoms with Gasteiger partial charge in [0.1, 0.15) is 18.0 Å². The Balaban J connectivity index is 2.99. The first-order valence-electron chi connectivity index (χ1n) is 7.85. The second-order valence-corrected chi connectivity index (χ2v) is 6.66. The number of nitrogens with zero attached hydrogens (tertiary/aromatic N) is 2. The predicted octanol–water partition coefficient (Wildman–Crippen LogP) is -1.09. The van der Waals surface area contributed by atoms with Gasteiger partial charge in [0.05, 0.1) is 24.2 Å². The predicted molar refractivity (Wildman–Crippen MR) is 95.5 cm³/mol. The highest BCUT2D eigenvalue weighted by molar-refractivity contribution is 6.31. The van der Waals surface area contributed by atoms with E-state index in [0.717, 1.165) is 6.20 Å². The van der Waals surface area contributed by atoms with Crippen molar-refractivity contribution in [3.8, 4) is 5.75 Å². The molecular weight excluding hydrogens is 400 g/mol. The summed E-state index contributed by atoms with van der Waals surface area (Å²) in [6, 6.07) is 2.69. The number of fused-ring (bicyclic) bond motifs is 1. The summed E-state index contributed by atoms with van der Waals surface area (Å²) in [5, 5.41) is 62.5. The number of aliphatic hydroxyl groups excluding tert-OH is 3. The number of ether oxygens (including phenoxy) is 1. The molecule has 0 aliphatic carbocycles. The van der Waals surface area contributed by atoms with Gasteiger partial charge in [-0.1, -0.05) is 11.6 Å². The van der Waals surface area contributed by atoms with Gasteiger partial charge < -0.3 is 34.8 Å². The van der Waals surface area contributed by atoms with Crippen LogP contribution in [0.5, 0.6) is 5.75 Å². The first kappa shape index (κ1) is 22.0. The number of aliphatic hydroxyl groups is 5. The molecule has 5 N–H and O–H groups in total. The maximum atomic E-state index is 11.5. The lowest BCUT2D eigenvalue weighted by Crippen LogP contribution is -2.66. The fraction of sp³-hybridized carbons (Fsp3) is 0.438. The summed E-state index contributed by atoms with van der Waals surface area (Å²) >= 11 is 6.03.